The Kier molecular flexibility index (Phi) is 4.72. The molecule has 0 heterocycles. The highest BCUT2D eigenvalue weighted by Gasteiger charge is 2.14. The highest BCUT2D eigenvalue weighted by Crippen LogP contribution is 2.20. The molecule has 2 nitrogen and oxygen atoms in total. The number of hydrogen-bond acceptors (Lipinski definition) is 2. The zero-order chi connectivity index (χ0) is 11.3. The molecule has 2 N–H and O–H groups in total. The van der Waals surface area contributed by atoms with Crippen molar-refractivity contribution in [3.05, 3.63) is 35.6 Å². The normalized spacial score (nSPS) is 14.9. The fourth-order valence-corrected chi connectivity index (χ4v) is 1.58. The van der Waals surface area contributed by atoms with Gasteiger partial charge in [-0.2, -0.15) is 0 Å². The molecule has 0 aliphatic rings. The van der Waals surface area contributed by atoms with E-state index in [9.17, 15) is 4.39 Å². The minimum absolute atomic E-state index is 0.0189. The molecule has 84 valence electrons. The Morgan fingerprint density at radius 2 is 2.07 bits per heavy atom. The molecule has 0 saturated carbocycles. The first kappa shape index (κ1) is 12.1. The number of aliphatic hydroxyl groups is 1. The first-order chi connectivity index (χ1) is 7.19. The molecular weight excluding hydrogens is 193 g/mol. The number of halogens is 1. The van der Waals surface area contributed by atoms with Crippen LogP contribution in [0, 0.1) is 5.82 Å². The van der Waals surface area contributed by atoms with Crippen LogP contribution in [0.25, 0.3) is 0 Å². The second-order valence-corrected chi connectivity index (χ2v) is 3.73. The predicted octanol–water partition coefficient (Wildman–Crippen LogP) is 2.25. The molecule has 0 radical (unpaired) electrons. The topological polar surface area (TPSA) is 32.3 Å². The smallest absolute Gasteiger partial charge is 0.127 e. The van der Waals surface area contributed by atoms with E-state index in [1.54, 1.807) is 12.1 Å². The second kappa shape index (κ2) is 5.83. The third-order valence-corrected chi connectivity index (χ3v) is 2.45. The maximum absolute atomic E-state index is 13.5. The molecule has 3 heteroatoms. The highest BCUT2D eigenvalue weighted by molar-refractivity contribution is 5.21. The third kappa shape index (κ3) is 3.29. The van der Waals surface area contributed by atoms with Gasteiger partial charge in [-0.1, -0.05) is 25.1 Å². The minimum atomic E-state index is -0.193. The lowest BCUT2D eigenvalue weighted by molar-refractivity contribution is 0.238. The van der Waals surface area contributed by atoms with Gasteiger partial charge in [0.15, 0.2) is 0 Å². The van der Waals surface area contributed by atoms with Crippen LogP contribution in [0.15, 0.2) is 24.3 Å². The van der Waals surface area contributed by atoms with Crippen LogP contribution < -0.4 is 5.32 Å². The third-order valence-electron chi connectivity index (χ3n) is 2.45. The standard InChI is InChI=1S/C12H18FNO/c1-3-12(14-9(2)8-15)10-6-4-5-7-11(10)13/h4-7,9,12,14-15H,3,8H2,1-2H3/t9-,12?/m0/s1. The average Bonchev–Trinajstić information content (AvgIpc) is 2.26. The molecule has 0 spiro atoms. The van der Waals surface area contributed by atoms with Gasteiger partial charge in [-0.05, 0) is 19.4 Å². The Bertz CT molecular complexity index is 303. The molecule has 0 saturated heterocycles. The Balaban J connectivity index is 2.78. The van der Waals surface area contributed by atoms with E-state index in [0.717, 1.165) is 6.42 Å². The molecule has 2 atom stereocenters. The molecule has 0 amide bonds. The van der Waals surface area contributed by atoms with Gasteiger partial charge in [0.1, 0.15) is 5.82 Å². The summed E-state index contributed by atoms with van der Waals surface area (Å²) in [5, 5.41) is 12.1. The maximum Gasteiger partial charge on any atom is 0.127 e. The van der Waals surface area contributed by atoms with Crippen LogP contribution in [-0.2, 0) is 0 Å². The molecule has 0 aliphatic carbocycles. The number of aliphatic hydroxyl groups excluding tert-OH is 1. The van der Waals surface area contributed by atoms with E-state index in [-0.39, 0.29) is 24.5 Å². The SMILES string of the molecule is CCC(N[C@@H](C)CO)c1ccccc1F. The summed E-state index contributed by atoms with van der Waals surface area (Å²) in [4.78, 5) is 0. The molecule has 1 aromatic carbocycles. The van der Waals surface area contributed by atoms with E-state index in [4.69, 9.17) is 5.11 Å². The van der Waals surface area contributed by atoms with Crippen molar-refractivity contribution in [2.75, 3.05) is 6.61 Å². The maximum atomic E-state index is 13.5. The Morgan fingerprint density at radius 1 is 1.40 bits per heavy atom. The van der Waals surface area contributed by atoms with Gasteiger partial charge in [-0.25, -0.2) is 4.39 Å². The van der Waals surface area contributed by atoms with Gasteiger partial charge in [0, 0.05) is 17.6 Å². The lowest BCUT2D eigenvalue weighted by Crippen LogP contribution is -2.33. The number of nitrogens with one attached hydrogen (secondary N) is 1. The number of benzene rings is 1. The second-order valence-electron chi connectivity index (χ2n) is 3.73. The summed E-state index contributed by atoms with van der Waals surface area (Å²) in [7, 11) is 0. The Morgan fingerprint density at radius 3 is 2.60 bits per heavy atom. The molecule has 15 heavy (non-hydrogen) atoms. The van der Waals surface area contributed by atoms with Crippen LogP contribution in [0.1, 0.15) is 31.9 Å². The average molecular weight is 211 g/mol. The summed E-state index contributed by atoms with van der Waals surface area (Å²) < 4.78 is 13.5. The quantitative estimate of drug-likeness (QED) is 0.783. The summed E-state index contributed by atoms with van der Waals surface area (Å²) in [6.07, 6.45) is 0.797. The Labute approximate surface area is 90.1 Å². The van der Waals surface area contributed by atoms with Crippen LogP contribution >= 0.6 is 0 Å². The molecule has 0 aromatic heterocycles. The van der Waals surface area contributed by atoms with Crippen molar-refractivity contribution in [1.82, 2.24) is 5.32 Å². The fraction of sp³-hybridized carbons (Fsp3) is 0.500. The van der Waals surface area contributed by atoms with Gasteiger partial charge in [0.2, 0.25) is 0 Å². The lowest BCUT2D eigenvalue weighted by Gasteiger charge is -2.21. The van der Waals surface area contributed by atoms with Crippen molar-refractivity contribution in [3.8, 4) is 0 Å². The molecule has 1 rings (SSSR count). The van der Waals surface area contributed by atoms with E-state index in [0.29, 0.717) is 5.56 Å². The highest BCUT2D eigenvalue weighted by atomic mass is 19.1. The molecular formula is C12H18FNO. The summed E-state index contributed by atoms with van der Waals surface area (Å²) in [6.45, 7) is 3.93. The zero-order valence-electron chi connectivity index (χ0n) is 9.20. The Hall–Kier alpha value is -0.930. The largest absolute Gasteiger partial charge is 0.395 e. The number of hydrogen-bond donors (Lipinski definition) is 2. The molecule has 0 fully saturated rings. The molecule has 1 unspecified atom stereocenters. The molecule has 0 aliphatic heterocycles. The number of rotatable bonds is 5. The van der Waals surface area contributed by atoms with Crippen molar-refractivity contribution < 1.29 is 9.50 Å². The van der Waals surface area contributed by atoms with Crippen molar-refractivity contribution in [2.45, 2.75) is 32.4 Å². The van der Waals surface area contributed by atoms with Crippen LogP contribution in [0.2, 0.25) is 0 Å². The lowest BCUT2D eigenvalue weighted by atomic mass is 10.0. The van der Waals surface area contributed by atoms with Gasteiger partial charge < -0.3 is 10.4 Å². The zero-order valence-corrected chi connectivity index (χ0v) is 9.20. The van der Waals surface area contributed by atoms with E-state index < -0.39 is 0 Å². The van der Waals surface area contributed by atoms with E-state index in [2.05, 4.69) is 5.32 Å². The monoisotopic (exact) mass is 211 g/mol. The van der Waals surface area contributed by atoms with Gasteiger partial charge in [-0.3, -0.25) is 0 Å². The van der Waals surface area contributed by atoms with Crippen molar-refractivity contribution >= 4 is 0 Å². The first-order valence-electron chi connectivity index (χ1n) is 5.30. The molecule has 1 aromatic rings. The van der Waals surface area contributed by atoms with Gasteiger partial charge in [0.05, 0.1) is 6.61 Å². The van der Waals surface area contributed by atoms with Crippen molar-refractivity contribution in [3.63, 3.8) is 0 Å². The van der Waals surface area contributed by atoms with Crippen LogP contribution in [-0.4, -0.2) is 17.8 Å². The first-order valence-corrected chi connectivity index (χ1v) is 5.30. The van der Waals surface area contributed by atoms with Crippen LogP contribution in [0.5, 0.6) is 0 Å². The summed E-state index contributed by atoms with van der Waals surface area (Å²) >= 11 is 0. The summed E-state index contributed by atoms with van der Waals surface area (Å²) in [5.41, 5.74) is 0.667. The summed E-state index contributed by atoms with van der Waals surface area (Å²) in [6, 6.07) is 6.69. The van der Waals surface area contributed by atoms with E-state index >= 15 is 0 Å². The van der Waals surface area contributed by atoms with Crippen LogP contribution in [0.4, 0.5) is 4.39 Å². The van der Waals surface area contributed by atoms with Gasteiger partial charge in [0.25, 0.3) is 0 Å². The van der Waals surface area contributed by atoms with E-state index in [1.807, 2.05) is 19.9 Å². The fourth-order valence-electron chi connectivity index (χ4n) is 1.58. The molecule has 0 bridgehead atoms. The minimum Gasteiger partial charge on any atom is -0.395 e. The van der Waals surface area contributed by atoms with Crippen molar-refractivity contribution in [2.24, 2.45) is 0 Å². The summed E-state index contributed by atoms with van der Waals surface area (Å²) in [5.74, 6) is -0.193. The van der Waals surface area contributed by atoms with E-state index in [1.165, 1.54) is 6.07 Å². The van der Waals surface area contributed by atoms with Gasteiger partial charge in [-0.15, -0.1) is 0 Å². The van der Waals surface area contributed by atoms with Crippen LogP contribution in [0.3, 0.4) is 0 Å². The van der Waals surface area contributed by atoms with Gasteiger partial charge >= 0.3 is 0 Å². The van der Waals surface area contributed by atoms with Crippen molar-refractivity contribution in [1.29, 1.82) is 0 Å². The predicted molar refractivity (Wildman–Crippen MR) is 59.1 cm³/mol.